The molecule has 1 aromatic rings. The van der Waals surface area contributed by atoms with Crippen molar-refractivity contribution in [1.29, 1.82) is 0 Å². The van der Waals surface area contributed by atoms with Crippen molar-refractivity contribution in [2.24, 2.45) is 0 Å². The number of aromatic carboxylic acids is 1. The Morgan fingerprint density at radius 2 is 1.80 bits per heavy atom. The molecule has 0 spiro atoms. The van der Waals surface area contributed by atoms with E-state index in [-0.39, 0.29) is 10.4 Å². The maximum absolute atomic E-state index is 12.2. The third-order valence-electron chi connectivity index (χ3n) is 2.64. The maximum Gasteiger partial charge on any atom is 0.347 e. The first kappa shape index (κ1) is 17.0. The van der Waals surface area contributed by atoms with Gasteiger partial charge < -0.3 is 20.4 Å². The Morgan fingerprint density at radius 1 is 1.30 bits per heavy atom. The monoisotopic (exact) mass is 325 g/mol. The number of carboxylic acid groups (broad SMARTS) is 1. The SMILES string of the molecule is Cc1csc(C(=O)O)c1S(=O)(=O)NC(CO)(CO)CO. The summed E-state index contributed by atoms with van der Waals surface area (Å²) in [6.07, 6.45) is 0. The number of aryl methyl sites for hydroxylation is 1. The molecule has 0 fully saturated rings. The summed E-state index contributed by atoms with van der Waals surface area (Å²) in [5.74, 6) is -1.40. The number of hydrogen-bond acceptors (Lipinski definition) is 7. The van der Waals surface area contributed by atoms with Gasteiger partial charge in [0.05, 0.1) is 19.8 Å². The number of aliphatic hydroxyl groups excluding tert-OH is 3. The second-order valence-electron chi connectivity index (χ2n) is 4.24. The van der Waals surface area contributed by atoms with E-state index in [0.29, 0.717) is 0 Å². The van der Waals surface area contributed by atoms with Gasteiger partial charge in [-0.3, -0.25) is 0 Å². The molecule has 0 unspecified atom stereocenters. The molecule has 1 heterocycles. The van der Waals surface area contributed by atoms with Crippen LogP contribution in [0.2, 0.25) is 0 Å². The van der Waals surface area contributed by atoms with Crippen molar-refractivity contribution in [3.63, 3.8) is 0 Å². The van der Waals surface area contributed by atoms with Crippen LogP contribution in [-0.2, 0) is 10.0 Å². The van der Waals surface area contributed by atoms with Crippen LogP contribution in [0.1, 0.15) is 15.2 Å². The number of carboxylic acids is 1. The molecule has 8 nitrogen and oxygen atoms in total. The molecule has 5 N–H and O–H groups in total. The van der Waals surface area contributed by atoms with Gasteiger partial charge in [-0.1, -0.05) is 0 Å². The van der Waals surface area contributed by atoms with Gasteiger partial charge in [0.25, 0.3) is 0 Å². The molecule has 0 aliphatic heterocycles. The summed E-state index contributed by atoms with van der Waals surface area (Å²) in [6, 6.07) is 0. The fraction of sp³-hybridized carbons (Fsp3) is 0.500. The van der Waals surface area contributed by atoms with Gasteiger partial charge in [-0.2, -0.15) is 4.72 Å². The average molecular weight is 325 g/mol. The second kappa shape index (κ2) is 6.16. The zero-order valence-electron chi connectivity index (χ0n) is 10.5. The lowest BCUT2D eigenvalue weighted by Gasteiger charge is -2.28. The van der Waals surface area contributed by atoms with E-state index in [9.17, 15) is 13.2 Å². The summed E-state index contributed by atoms with van der Waals surface area (Å²) < 4.78 is 26.4. The van der Waals surface area contributed by atoms with Crippen molar-refractivity contribution >= 4 is 27.3 Å². The van der Waals surface area contributed by atoms with Crippen LogP contribution in [0.4, 0.5) is 0 Å². The van der Waals surface area contributed by atoms with Gasteiger partial charge in [-0.15, -0.1) is 11.3 Å². The van der Waals surface area contributed by atoms with Crippen LogP contribution >= 0.6 is 11.3 Å². The number of aliphatic hydroxyl groups is 3. The molecular formula is C10H15NO7S2. The van der Waals surface area contributed by atoms with Crippen LogP contribution in [-0.4, -0.2) is 60.2 Å². The smallest absolute Gasteiger partial charge is 0.347 e. The van der Waals surface area contributed by atoms with Crippen LogP contribution in [0.25, 0.3) is 0 Å². The van der Waals surface area contributed by atoms with E-state index in [4.69, 9.17) is 20.4 Å². The predicted molar refractivity (Wildman–Crippen MR) is 70.3 cm³/mol. The van der Waals surface area contributed by atoms with Gasteiger partial charge in [0, 0.05) is 0 Å². The highest BCUT2D eigenvalue weighted by molar-refractivity contribution is 7.89. The Hall–Kier alpha value is -1.04. The van der Waals surface area contributed by atoms with Crippen molar-refractivity contribution in [2.75, 3.05) is 19.8 Å². The number of hydrogen-bond donors (Lipinski definition) is 5. The molecule has 1 rings (SSSR count). The van der Waals surface area contributed by atoms with Crippen LogP contribution in [0.5, 0.6) is 0 Å². The quantitative estimate of drug-likeness (QED) is 0.421. The molecular weight excluding hydrogens is 310 g/mol. The summed E-state index contributed by atoms with van der Waals surface area (Å²) in [5.41, 5.74) is -1.63. The van der Waals surface area contributed by atoms with Gasteiger partial charge in [0.1, 0.15) is 15.3 Å². The first-order chi connectivity index (χ1) is 9.23. The van der Waals surface area contributed by atoms with E-state index in [2.05, 4.69) is 0 Å². The predicted octanol–water partition coefficient (Wildman–Crippen LogP) is -1.25. The summed E-state index contributed by atoms with van der Waals surface area (Å²) in [6.45, 7) is -1.10. The van der Waals surface area contributed by atoms with E-state index < -0.39 is 46.2 Å². The van der Waals surface area contributed by atoms with Gasteiger partial charge >= 0.3 is 5.97 Å². The van der Waals surface area contributed by atoms with E-state index in [1.165, 1.54) is 12.3 Å². The molecule has 0 radical (unpaired) electrons. The standard InChI is InChI=1S/C10H15NO7S2/c1-6-2-19-7(9(15)16)8(6)20(17,18)11-10(3-12,4-13)5-14/h2,11-14H,3-5H2,1H3,(H,15,16). The normalized spacial score (nSPS) is 12.6. The van der Waals surface area contributed by atoms with Crippen LogP contribution < -0.4 is 4.72 Å². The largest absolute Gasteiger partial charge is 0.477 e. The lowest BCUT2D eigenvalue weighted by Crippen LogP contribution is -2.57. The minimum atomic E-state index is -4.32. The number of sulfonamides is 1. The number of rotatable bonds is 7. The molecule has 0 aromatic carbocycles. The van der Waals surface area contributed by atoms with Crippen LogP contribution in [0.15, 0.2) is 10.3 Å². The van der Waals surface area contributed by atoms with Gasteiger partial charge in [0.15, 0.2) is 0 Å². The summed E-state index contributed by atoms with van der Waals surface area (Å²) >= 11 is 0.754. The molecule has 0 atom stereocenters. The molecule has 0 saturated heterocycles. The highest BCUT2D eigenvalue weighted by Gasteiger charge is 2.36. The van der Waals surface area contributed by atoms with E-state index in [0.717, 1.165) is 11.3 Å². The zero-order valence-corrected chi connectivity index (χ0v) is 12.2. The molecule has 0 bridgehead atoms. The number of nitrogens with one attached hydrogen (secondary N) is 1. The summed E-state index contributed by atoms with van der Waals surface area (Å²) in [4.78, 5) is 10.2. The summed E-state index contributed by atoms with van der Waals surface area (Å²) in [7, 11) is -4.32. The second-order valence-corrected chi connectivity index (χ2v) is 6.74. The Morgan fingerprint density at radius 3 is 2.20 bits per heavy atom. The number of carbonyl (C=O) groups is 1. The molecule has 0 aliphatic rings. The van der Waals surface area contributed by atoms with Gasteiger partial charge in [-0.25, -0.2) is 13.2 Å². The van der Waals surface area contributed by atoms with E-state index >= 15 is 0 Å². The third kappa shape index (κ3) is 3.16. The number of thiophene rings is 1. The minimum Gasteiger partial charge on any atom is -0.477 e. The fourth-order valence-corrected chi connectivity index (χ4v) is 4.51. The highest BCUT2D eigenvalue weighted by Crippen LogP contribution is 2.27. The van der Waals surface area contributed by atoms with E-state index in [1.807, 2.05) is 4.72 Å². The van der Waals surface area contributed by atoms with Crippen molar-refractivity contribution in [3.8, 4) is 0 Å². The van der Waals surface area contributed by atoms with Crippen molar-refractivity contribution in [3.05, 3.63) is 15.8 Å². The van der Waals surface area contributed by atoms with Gasteiger partial charge in [-0.05, 0) is 17.9 Å². The first-order valence-corrected chi connectivity index (χ1v) is 7.77. The van der Waals surface area contributed by atoms with Crippen LogP contribution in [0.3, 0.4) is 0 Å². The molecule has 1 aromatic heterocycles. The van der Waals surface area contributed by atoms with Crippen molar-refractivity contribution in [1.82, 2.24) is 4.72 Å². The van der Waals surface area contributed by atoms with E-state index in [1.54, 1.807) is 0 Å². The Kier molecular flexibility index (Phi) is 5.24. The molecule has 0 saturated carbocycles. The maximum atomic E-state index is 12.2. The fourth-order valence-electron chi connectivity index (χ4n) is 1.50. The molecule has 20 heavy (non-hydrogen) atoms. The minimum absolute atomic E-state index is 0.225. The lowest BCUT2D eigenvalue weighted by atomic mass is 10.1. The Bertz CT molecular complexity index is 580. The molecule has 0 amide bonds. The topological polar surface area (TPSA) is 144 Å². The summed E-state index contributed by atoms with van der Waals surface area (Å²) in [5, 5.41) is 37.7. The Balaban J connectivity index is 3.31. The van der Waals surface area contributed by atoms with Crippen molar-refractivity contribution in [2.45, 2.75) is 17.4 Å². The highest BCUT2D eigenvalue weighted by atomic mass is 32.2. The lowest BCUT2D eigenvalue weighted by molar-refractivity contribution is 0.0581. The van der Waals surface area contributed by atoms with Gasteiger partial charge in [0.2, 0.25) is 10.0 Å². The molecule has 10 heteroatoms. The average Bonchev–Trinajstić information content (AvgIpc) is 2.79. The Labute approximate surface area is 119 Å². The van der Waals surface area contributed by atoms with Crippen LogP contribution in [0, 0.1) is 6.92 Å². The zero-order chi connectivity index (χ0) is 15.6. The molecule has 114 valence electrons. The first-order valence-electron chi connectivity index (χ1n) is 5.41. The molecule has 0 aliphatic carbocycles. The third-order valence-corrected chi connectivity index (χ3v) is 5.62. The van der Waals surface area contributed by atoms with Crippen molar-refractivity contribution < 1.29 is 33.6 Å².